The van der Waals surface area contributed by atoms with E-state index in [0.29, 0.717) is 5.92 Å². The third-order valence-electron chi connectivity index (χ3n) is 7.77. The molecule has 1 heteroatoms. The lowest BCUT2D eigenvalue weighted by Gasteiger charge is -2.14. The predicted molar refractivity (Wildman–Crippen MR) is 159 cm³/mol. The van der Waals surface area contributed by atoms with Crippen molar-refractivity contribution in [1.82, 2.24) is 0 Å². The van der Waals surface area contributed by atoms with Crippen molar-refractivity contribution in [2.75, 3.05) is 0 Å². The molecule has 1 unspecified atom stereocenters. The molecule has 0 rings (SSSR count). The van der Waals surface area contributed by atoms with E-state index in [1.165, 1.54) is 180 Å². The predicted octanol–water partition coefficient (Wildman–Crippen LogP) is 12.3. The van der Waals surface area contributed by atoms with Gasteiger partial charge in [0.05, 0.1) is 0 Å². The third kappa shape index (κ3) is 29.5. The fourth-order valence-corrected chi connectivity index (χ4v) is 5.29. The summed E-state index contributed by atoms with van der Waals surface area (Å²) < 4.78 is 0. The zero-order valence-electron chi connectivity index (χ0n) is 24.5. The second-order valence-electron chi connectivity index (χ2n) is 11.3. The number of carbonyl (C=O) groups is 1. The van der Waals surface area contributed by atoms with Crippen molar-refractivity contribution < 1.29 is 4.79 Å². The molecule has 0 aliphatic carbocycles. The quantitative estimate of drug-likeness (QED) is 0.0555. The molecule has 1 atom stereocenters. The molecule has 0 aromatic rings. The summed E-state index contributed by atoms with van der Waals surface area (Å²) in [5.74, 6) is 0.655. The minimum Gasteiger partial charge on any atom is -0.303 e. The van der Waals surface area contributed by atoms with Crippen LogP contribution in [0.25, 0.3) is 0 Å². The Morgan fingerprint density at radius 1 is 0.429 bits per heavy atom. The molecule has 0 saturated carbocycles. The molecule has 0 aliphatic rings. The molecular weight excluding hydrogens is 424 g/mol. The van der Waals surface area contributed by atoms with Crippen LogP contribution in [-0.4, -0.2) is 6.29 Å². The molecular formula is C34H66O. The summed E-state index contributed by atoms with van der Waals surface area (Å²) in [6.07, 6.45) is 44.0. The number of rotatable bonds is 30. The molecule has 35 heavy (non-hydrogen) atoms. The van der Waals surface area contributed by atoms with Gasteiger partial charge in [0.25, 0.3) is 0 Å². The molecule has 0 heterocycles. The van der Waals surface area contributed by atoms with E-state index in [2.05, 4.69) is 26.0 Å². The summed E-state index contributed by atoms with van der Waals surface area (Å²) in [4.78, 5) is 11.1. The van der Waals surface area contributed by atoms with E-state index in [1.807, 2.05) is 0 Å². The molecule has 0 saturated heterocycles. The Morgan fingerprint density at radius 3 is 1.09 bits per heavy atom. The van der Waals surface area contributed by atoms with Crippen molar-refractivity contribution in [3.05, 3.63) is 12.2 Å². The first-order valence-electron chi connectivity index (χ1n) is 16.4. The maximum Gasteiger partial charge on any atom is 0.120 e. The van der Waals surface area contributed by atoms with Crippen LogP contribution in [0.15, 0.2) is 12.2 Å². The Balaban J connectivity index is 3.42. The van der Waals surface area contributed by atoms with E-state index in [4.69, 9.17) is 0 Å². The number of aldehydes is 1. The van der Waals surface area contributed by atoms with Crippen LogP contribution in [0.3, 0.4) is 0 Å². The van der Waals surface area contributed by atoms with Gasteiger partial charge in [-0.3, -0.25) is 0 Å². The molecule has 0 amide bonds. The van der Waals surface area contributed by atoms with Crippen LogP contribution in [0.5, 0.6) is 0 Å². The molecule has 0 aromatic heterocycles. The Hall–Kier alpha value is -0.590. The highest BCUT2D eigenvalue weighted by molar-refractivity contribution is 5.49. The van der Waals surface area contributed by atoms with Gasteiger partial charge in [-0.1, -0.05) is 174 Å². The monoisotopic (exact) mass is 491 g/mol. The average molecular weight is 491 g/mol. The highest BCUT2D eigenvalue weighted by atomic mass is 16.1. The van der Waals surface area contributed by atoms with E-state index >= 15 is 0 Å². The van der Waals surface area contributed by atoms with Gasteiger partial charge in [-0.05, 0) is 31.6 Å². The van der Waals surface area contributed by atoms with Gasteiger partial charge in [0.2, 0.25) is 0 Å². The van der Waals surface area contributed by atoms with Crippen molar-refractivity contribution in [3.63, 3.8) is 0 Å². The highest BCUT2D eigenvalue weighted by Crippen LogP contribution is 2.21. The van der Waals surface area contributed by atoms with Crippen molar-refractivity contribution >= 4 is 6.29 Å². The maximum atomic E-state index is 11.1. The standard InChI is InChI=1S/C34H66O/c1-3-5-7-9-11-13-15-16-17-18-19-21-23-25-27-29-31-34(32-33-35)30-28-26-24-22-20-14-12-10-8-6-4-2/h16-17,33-34H,3-15,18-32H2,1-2H3. The Labute approximate surface area is 222 Å². The number of hydrogen-bond acceptors (Lipinski definition) is 1. The van der Waals surface area contributed by atoms with E-state index < -0.39 is 0 Å². The summed E-state index contributed by atoms with van der Waals surface area (Å²) in [6.45, 7) is 4.58. The zero-order valence-corrected chi connectivity index (χ0v) is 24.5. The maximum absolute atomic E-state index is 11.1. The zero-order chi connectivity index (χ0) is 25.5. The Kier molecular flexibility index (Phi) is 30.9. The molecule has 0 radical (unpaired) electrons. The lowest BCUT2D eigenvalue weighted by Crippen LogP contribution is -2.02. The molecule has 208 valence electrons. The van der Waals surface area contributed by atoms with Gasteiger partial charge >= 0.3 is 0 Å². The molecule has 0 aromatic carbocycles. The average Bonchev–Trinajstić information content (AvgIpc) is 2.86. The number of hydrogen-bond donors (Lipinski definition) is 0. The van der Waals surface area contributed by atoms with Crippen molar-refractivity contribution in [3.8, 4) is 0 Å². The smallest absolute Gasteiger partial charge is 0.120 e. The van der Waals surface area contributed by atoms with Gasteiger partial charge in [0.15, 0.2) is 0 Å². The Bertz CT molecular complexity index is 413. The molecule has 0 spiro atoms. The lowest BCUT2D eigenvalue weighted by molar-refractivity contribution is -0.108. The van der Waals surface area contributed by atoms with Gasteiger partial charge in [0.1, 0.15) is 6.29 Å². The topological polar surface area (TPSA) is 17.1 Å². The molecule has 0 N–H and O–H groups in total. The van der Waals surface area contributed by atoms with Crippen LogP contribution < -0.4 is 0 Å². The van der Waals surface area contributed by atoms with Gasteiger partial charge < -0.3 is 4.79 Å². The van der Waals surface area contributed by atoms with Gasteiger partial charge in [-0.15, -0.1) is 0 Å². The SMILES string of the molecule is CCCCCCCCC=CCCCCCCCCC(CC=O)CCCCCCCCCCCCC. The fraction of sp³-hybridized carbons (Fsp3) is 0.912. The summed E-state index contributed by atoms with van der Waals surface area (Å²) >= 11 is 0. The van der Waals surface area contributed by atoms with Crippen LogP contribution in [0.2, 0.25) is 0 Å². The summed E-state index contributed by atoms with van der Waals surface area (Å²) in [5, 5.41) is 0. The van der Waals surface area contributed by atoms with Crippen molar-refractivity contribution in [1.29, 1.82) is 0 Å². The van der Waals surface area contributed by atoms with E-state index in [1.54, 1.807) is 0 Å². The van der Waals surface area contributed by atoms with Crippen LogP contribution in [0, 0.1) is 5.92 Å². The van der Waals surface area contributed by atoms with Crippen LogP contribution in [-0.2, 0) is 4.79 Å². The van der Waals surface area contributed by atoms with Crippen LogP contribution >= 0.6 is 0 Å². The fourth-order valence-electron chi connectivity index (χ4n) is 5.29. The number of carbonyl (C=O) groups excluding carboxylic acids is 1. The van der Waals surface area contributed by atoms with E-state index in [0.717, 1.165) is 6.42 Å². The first kappa shape index (κ1) is 34.4. The second-order valence-corrected chi connectivity index (χ2v) is 11.3. The normalized spacial score (nSPS) is 12.5. The van der Waals surface area contributed by atoms with E-state index in [-0.39, 0.29) is 0 Å². The second kappa shape index (κ2) is 31.4. The minimum atomic E-state index is 0.655. The van der Waals surface area contributed by atoms with Gasteiger partial charge in [-0.25, -0.2) is 0 Å². The third-order valence-corrected chi connectivity index (χ3v) is 7.77. The number of unbranched alkanes of at least 4 members (excludes halogenated alkanes) is 22. The molecule has 0 bridgehead atoms. The van der Waals surface area contributed by atoms with Gasteiger partial charge in [0, 0.05) is 6.42 Å². The molecule has 1 nitrogen and oxygen atoms in total. The van der Waals surface area contributed by atoms with Gasteiger partial charge in [-0.2, -0.15) is 0 Å². The molecule has 0 fully saturated rings. The molecule has 0 aliphatic heterocycles. The highest BCUT2D eigenvalue weighted by Gasteiger charge is 2.08. The van der Waals surface area contributed by atoms with Crippen molar-refractivity contribution in [2.24, 2.45) is 5.92 Å². The summed E-state index contributed by atoms with van der Waals surface area (Å²) in [5.41, 5.74) is 0. The summed E-state index contributed by atoms with van der Waals surface area (Å²) in [7, 11) is 0. The van der Waals surface area contributed by atoms with Crippen molar-refractivity contribution in [2.45, 2.75) is 194 Å². The summed E-state index contributed by atoms with van der Waals surface area (Å²) in [6, 6.07) is 0. The Morgan fingerprint density at radius 2 is 0.743 bits per heavy atom. The minimum absolute atomic E-state index is 0.655. The van der Waals surface area contributed by atoms with Crippen LogP contribution in [0.4, 0.5) is 0 Å². The van der Waals surface area contributed by atoms with E-state index in [9.17, 15) is 4.79 Å². The first-order valence-corrected chi connectivity index (χ1v) is 16.4. The number of allylic oxidation sites excluding steroid dienone is 2. The lowest BCUT2D eigenvalue weighted by atomic mass is 9.92. The first-order chi connectivity index (χ1) is 17.3. The van der Waals surface area contributed by atoms with Crippen LogP contribution in [0.1, 0.15) is 194 Å². The largest absolute Gasteiger partial charge is 0.303 e.